The summed E-state index contributed by atoms with van der Waals surface area (Å²) in [4.78, 5) is 14.4. The van der Waals surface area contributed by atoms with Crippen molar-refractivity contribution < 1.29 is 29.5 Å². The molecule has 0 amide bonds. The third kappa shape index (κ3) is 6.04. The van der Waals surface area contributed by atoms with Crippen LogP contribution < -0.4 is 0 Å². The second-order valence-corrected chi connectivity index (χ2v) is 2.58. The van der Waals surface area contributed by atoms with E-state index in [2.05, 4.69) is 10.8 Å². The molecule has 85 valence electrons. The molecule has 0 rings (SSSR count). The summed E-state index contributed by atoms with van der Waals surface area (Å²) in [6.07, 6.45) is 2.42. The van der Waals surface area contributed by atoms with Crippen LogP contribution in [0.5, 0.6) is 0 Å². The minimum absolute atomic E-state index is 0.126. The van der Waals surface area contributed by atoms with Gasteiger partial charge in [0.15, 0.2) is 0 Å². The molecule has 1 N–H and O–H groups in total. The highest BCUT2D eigenvalue weighted by molar-refractivity contribution is 5.69. The summed E-state index contributed by atoms with van der Waals surface area (Å²) in [6, 6.07) is 0. The van der Waals surface area contributed by atoms with E-state index < -0.39 is 25.0 Å². The van der Waals surface area contributed by atoms with E-state index in [1.54, 1.807) is 6.92 Å². The van der Waals surface area contributed by atoms with Crippen molar-refractivity contribution in [1.29, 1.82) is 0 Å². The van der Waals surface area contributed by atoms with E-state index in [1.165, 1.54) is 0 Å². The van der Waals surface area contributed by atoms with Crippen LogP contribution in [0.25, 0.3) is 0 Å². The highest BCUT2D eigenvalue weighted by Crippen LogP contribution is 2.04. The zero-order valence-corrected chi connectivity index (χ0v) is 8.34. The number of rotatable bonds is 7. The Labute approximate surface area is 87.7 Å². The van der Waals surface area contributed by atoms with Crippen LogP contribution >= 0.6 is 0 Å². The first-order chi connectivity index (χ1) is 7.15. The smallest absolute Gasteiger partial charge is 0.307 e. The van der Waals surface area contributed by atoms with Gasteiger partial charge in [0.05, 0.1) is 0 Å². The van der Waals surface area contributed by atoms with Crippen LogP contribution in [0.4, 0.5) is 0 Å². The van der Waals surface area contributed by atoms with Crippen molar-refractivity contribution in [2.45, 2.75) is 25.7 Å². The van der Waals surface area contributed by atoms with Gasteiger partial charge in [-0.25, -0.2) is 4.89 Å². The van der Waals surface area contributed by atoms with E-state index in [0.29, 0.717) is 0 Å². The lowest BCUT2D eigenvalue weighted by Gasteiger charge is -2.20. The third-order valence-electron chi connectivity index (χ3n) is 1.42. The SMILES string of the molecule is C#CCOC(OC(=O)CC)C(O)CO[O]. The first-order valence-electron chi connectivity index (χ1n) is 4.33. The number of hydrogen-bond donors (Lipinski definition) is 1. The molecule has 0 fully saturated rings. The van der Waals surface area contributed by atoms with Gasteiger partial charge in [-0.3, -0.25) is 4.79 Å². The molecule has 2 unspecified atom stereocenters. The van der Waals surface area contributed by atoms with Crippen molar-refractivity contribution >= 4 is 5.97 Å². The first kappa shape index (κ1) is 13.9. The van der Waals surface area contributed by atoms with Crippen LogP contribution in [-0.4, -0.2) is 36.7 Å². The van der Waals surface area contributed by atoms with Gasteiger partial charge >= 0.3 is 5.97 Å². The molecule has 0 bridgehead atoms. The van der Waals surface area contributed by atoms with E-state index in [0.717, 1.165) is 0 Å². The molecule has 0 aliphatic heterocycles. The molecule has 15 heavy (non-hydrogen) atoms. The van der Waals surface area contributed by atoms with Gasteiger partial charge in [-0.1, -0.05) is 12.8 Å². The predicted octanol–water partition coefficient (Wildman–Crippen LogP) is -0.362. The lowest BCUT2D eigenvalue weighted by Crippen LogP contribution is -2.36. The maximum Gasteiger partial charge on any atom is 0.307 e. The summed E-state index contributed by atoms with van der Waals surface area (Å²) in [5.41, 5.74) is 0. The third-order valence-corrected chi connectivity index (χ3v) is 1.42. The molecule has 2 atom stereocenters. The summed E-state index contributed by atoms with van der Waals surface area (Å²) in [7, 11) is 0. The van der Waals surface area contributed by atoms with Gasteiger partial charge in [0.2, 0.25) is 6.29 Å². The average Bonchev–Trinajstić information content (AvgIpc) is 2.24. The summed E-state index contributed by atoms with van der Waals surface area (Å²) < 4.78 is 9.52. The maximum atomic E-state index is 10.9. The number of hydrogen-bond acceptors (Lipinski definition) is 5. The van der Waals surface area contributed by atoms with Crippen LogP contribution in [0.2, 0.25) is 0 Å². The zero-order valence-electron chi connectivity index (χ0n) is 8.34. The highest BCUT2D eigenvalue weighted by Gasteiger charge is 2.24. The molecule has 0 saturated heterocycles. The van der Waals surface area contributed by atoms with Crippen molar-refractivity contribution in [3.63, 3.8) is 0 Å². The number of carbonyl (C=O) groups excluding carboxylic acids is 1. The molecule has 6 nitrogen and oxygen atoms in total. The summed E-state index contributed by atoms with van der Waals surface area (Å²) >= 11 is 0. The molecule has 0 aromatic carbocycles. The quantitative estimate of drug-likeness (QED) is 0.207. The molecular weight excluding hydrogens is 204 g/mol. The van der Waals surface area contributed by atoms with Gasteiger partial charge in [0.1, 0.15) is 19.3 Å². The Morgan fingerprint density at radius 1 is 1.60 bits per heavy atom. The van der Waals surface area contributed by atoms with Crippen LogP contribution in [0.15, 0.2) is 0 Å². The molecule has 0 aromatic rings. The van der Waals surface area contributed by atoms with Crippen molar-refractivity contribution in [1.82, 2.24) is 0 Å². The predicted molar refractivity (Wildman–Crippen MR) is 47.6 cm³/mol. The van der Waals surface area contributed by atoms with Crippen LogP contribution in [-0.2, 0) is 24.4 Å². The number of aliphatic hydroxyl groups excluding tert-OH is 1. The summed E-state index contributed by atoms with van der Waals surface area (Å²) in [6.45, 7) is 0.890. The van der Waals surface area contributed by atoms with E-state index >= 15 is 0 Å². The Bertz CT molecular complexity index is 221. The molecule has 1 radical (unpaired) electrons. The Morgan fingerprint density at radius 2 is 2.27 bits per heavy atom. The second-order valence-electron chi connectivity index (χ2n) is 2.58. The van der Waals surface area contributed by atoms with E-state index in [-0.39, 0.29) is 13.0 Å². The van der Waals surface area contributed by atoms with Gasteiger partial charge < -0.3 is 14.6 Å². The minimum atomic E-state index is -1.36. The first-order valence-corrected chi connectivity index (χ1v) is 4.33. The van der Waals surface area contributed by atoms with Crippen LogP contribution in [0.3, 0.4) is 0 Å². The average molecular weight is 217 g/mol. The fraction of sp³-hybridized carbons (Fsp3) is 0.667. The van der Waals surface area contributed by atoms with Gasteiger partial charge in [0.25, 0.3) is 0 Å². The van der Waals surface area contributed by atoms with Crippen molar-refractivity contribution in [3.05, 3.63) is 0 Å². The van der Waals surface area contributed by atoms with Gasteiger partial charge in [-0.15, -0.1) is 6.42 Å². The Balaban J connectivity index is 4.17. The molecule has 0 spiro atoms. The monoisotopic (exact) mass is 217 g/mol. The van der Waals surface area contributed by atoms with Crippen LogP contribution in [0, 0.1) is 12.3 Å². The number of esters is 1. The standard InChI is InChI=1S/C9H13O6/c1-3-5-13-9(7(10)6-14-12)15-8(11)4-2/h1,7,9-10H,4-6H2,2H3. The molecule has 0 saturated carbocycles. The normalized spacial score (nSPS) is 14.0. The van der Waals surface area contributed by atoms with E-state index in [4.69, 9.17) is 15.9 Å². The number of terminal acetylenes is 1. The molecule has 0 aliphatic rings. The number of aliphatic hydroxyl groups is 1. The van der Waals surface area contributed by atoms with Crippen molar-refractivity contribution in [3.8, 4) is 12.3 Å². The highest BCUT2D eigenvalue weighted by atomic mass is 17.1. The Morgan fingerprint density at radius 3 is 2.73 bits per heavy atom. The lowest BCUT2D eigenvalue weighted by atomic mass is 10.3. The van der Waals surface area contributed by atoms with Crippen LogP contribution in [0.1, 0.15) is 13.3 Å². The Kier molecular flexibility index (Phi) is 7.58. The fourth-order valence-corrected chi connectivity index (χ4v) is 0.715. The van der Waals surface area contributed by atoms with Gasteiger partial charge in [-0.05, 0) is 5.26 Å². The summed E-state index contributed by atoms with van der Waals surface area (Å²) in [5, 5.41) is 19.1. The van der Waals surface area contributed by atoms with Gasteiger partial charge in [0, 0.05) is 6.42 Å². The lowest BCUT2D eigenvalue weighted by molar-refractivity contribution is -0.327. The van der Waals surface area contributed by atoms with Gasteiger partial charge in [-0.2, -0.15) is 0 Å². The minimum Gasteiger partial charge on any atom is -0.433 e. The largest absolute Gasteiger partial charge is 0.433 e. The fourth-order valence-electron chi connectivity index (χ4n) is 0.715. The molecule has 0 aliphatic carbocycles. The number of ether oxygens (including phenoxy) is 2. The topological polar surface area (TPSA) is 84.9 Å². The Hall–Kier alpha value is -1.13. The molecule has 6 heteroatoms. The zero-order chi connectivity index (χ0) is 11.7. The molecule has 0 heterocycles. The summed E-state index contributed by atoms with van der Waals surface area (Å²) in [5.74, 6) is 1.58. The maximum absolute atomic E-state index is 10.9. The van der Waals surface area contributed by atoms with E-state index in [9.17, 15) is 15.2 Å². The second kappa shape index (κ2) is 8.20. The van der Waals surface area contributed by atoms with Crippen molar-refractivity contribution in [2.75, 3.05) is 13.2 Å². The van der Waals surface area contributed by atoms with Crippen molar-refractivity contribution in [2.24, 2.45) is 0 Å². The number of carbonyl (C=O) groups is 1. The van der Waals surface area contributed by atoms with E-state index in [1.807, 2.05) is 0 Å². The molecule has 0 aromatic heterocycles. The molecular formula is C9H13O6.